The highest BCUT2D eigenvalue weighted by atomic mass is 16.6. The number of ether oxygens (including phenoxy) is 2. The molecule has 3 amide bonds. The average molecular weight is 302 g/mol. The Morgan fingerprint density at radius 1 is 1.23 bits per heavy atom. The van der Waals surface area contributed by atoms with Gasteiger partial charge in [0, 0.05) is 6.54 Å². The Kier molecular flexibility index (Phi) is 2.82. The molecule has 0 spiro atoms. The minimum absolute atomic E-state index is 0.193. The molecular weight excluding hydrogens is 284 g/mol. The van der Waals surface area contributed by atoms with Gasteiger partial charge in [0.2, 0.25) is 0 Å². The van der Waals surface area contributed by atoms with E-state index in [-0.39, 0.29) is 11.9 Å². The molecule has 1 aromatic rings. The van der Waals surface area contributed by atoms with Gasteiger partial charge in [0.05, 0.1) is 0 Å². The molecule has 4 rings (SSSR count). The van der Waals surface area contributed by atoms with E-state index < -0.39 is 5.54 Å². The number of carbonyl (C=O) groups excluding carboxylic acids is 2. The highest BCUT2D eigenvalue weighted by Crippen LogP contribution is 2.38. The SMILES string of the molecule is CC1(c2ccc3c(c2)OCCO3)NC(=O)N(CC2CC2)C1=O. The number of hydrogen-bond acceptors (Lipinski definition) is 4. The zero-order valence-corrected chi connectivity index (χ0v) is 12.4. The smallest absolute Gasteiger partial charge is 0.325 e. The van der Waals surface area contributed by atoms with Crippen LogP contribution in [0, 0.1) is 5.92 Å². The van der Waals surface area contributed by atoms with E-state index in [0.29, 0.717) is 42.7 Å². The van der Waals surface area contributed by atoms with E-state index in [9.17, 15) is 9.59 Å². The number of rotatable bonds is 3. The molecule has 3 aliphatic rings. The van der Waals surface area contributed by atoms with Crippen LogP contribution in [0.1, 0.15) is 25.3 Å². The van der Waals surface area contributed by atoms with E-state index in [1.165, 1.54) is 4.90 Å². The maximum atomic E-state index is 12.7. The summed E-state index contributed by atoms with van der Waals surface area (Å²) in [5, 5.41) is 2.83. The standard InChI is InChI=1S/C16H18N2O4/c1-16(11-4-5-12-13(8-11)22-7-6-21-12)14(19)18(15(20)17-16)9-10-2-3-10/h4-5,8,10H,2-3,6-7,9H2,1H3,(H,17,20). The first kappa shape index (κ1) is 13.4. The number of fused-ring (bicyclic) bond motifs is 1. The number of benzene rings is 1. The number of amides is 3. The number of nitrogens with zero attached hydrogens (tertiary/aromatic N) is 1. The van der Waals surface area contributed by atoms with Crippen molar-refractivity contribution in [1.82, 2.24) is 10.2 Å². The van der Waals surface area contributed by atoms with Crippen molar-refractivity contribution in [3.63, 3.8) is 0 Å². The molecule has 1 saturated carbocycles. The van der Waals surface area contributed by atoms with Gasteiger partial charge >= 0.3 is 6.03 Å². The summed E-state index contributed by atoms with van der Waals surface area (Å²) in [5.74, 6) is 1.57. The van der Waals surface area contributed by atoms with Crippen LogP contribution in [0.5, 0.6) is 11.5 Å². The Bertz CT molecular complexity index is 656. The lowest BCUT2D eigenvalue weighted by atomic mass is 9.91. The van der Waals surface area contributed by atoms with Gasteiger partial charge < -0.3 is 14.8 Å². The Labute approximate surface area is 128 Å². The molecule has 6 nitrogen and oxygen atoms in total. The van der Waals surface area contributed by atoms with Crippen molar-refractivity contribution in [3.8, 4) is 11.5 Å². The maximum absolute atomic E-state index is 12.7. The molecule has 22 heavy (non-hydrogen) atoms. The summed E-state index contributed by atoms with van der Waals surface area (Å²) < 4.78 is 11.1. The first-order chi connectivity index (χ1) is 10.6. The largest absolute Gasteiger partial charge is 0.486 e. The first-order valence-corrected chi connectivity index (χ1v) is 7.62. The Morgan fingerprint density at radius 3 is 2.68 bits per heavy atom. The molecule has 2 aliphatic heterocycles. The third-order valence-corrected chi connectivity index (χ3v) is 4.53. The molecule has 1 aliphatic carbocycles. The number of urea groups is 1. The van der Waals surface area contributed by atoms with Crippen molar-refractivity contribution in [2.75, 3.05) is 19.8 Å². The first-order valence-electron chi connectivity index (χ1n) is 7.62. The zero-order valence-electron chi connectivity index (χ0n) is 12.4. The minimum atomic E-state index is -1.04. The molecule has 1 atom stereocenters. The Balaban J connectivity index is 1.65. The Hall–Kier alpha value is -2.24. The van der Waals surface area contributed by atoms with Crippen molar-refractivity contribution in [3.05, 3.63) is 23.8 Å². The van der Waals surface area contributed by atoms with Gasteiger partial charge in [0.1, 0.15) is 18.8 Å². The summed E-state index contributed by atoms with van der Waals surface area (Å²) in [5.41, 5.74) is -0.324. The van der Waals surface area contributed by atoms with E-state index in [2.05, 4.69) is 5.32 Å². The monoisotopic (exact) mass is 302 g/mol. The number of hydrogen-bond donors (Lipinski definition) is 1. The van der Waals surface area contributed by atoms with Gasteiger partial charge in [-0.3, -0.25) is 9.69 Å². The summed E-state index contributed by atoms with van der Waals surface area (Å²) >= 11 is 0. The fraction of sp³-hybridized carbons (Fsp3) is 0.500. The van der Waals surface area contributed by atoms with Crippen LogP contribution >= 0.6 is 0 Å². The minimum Gasteiger partial charge on any atom is -0.486 e. The van der Waals surface area contributed by atoms with Crippen molar-refractivity contribution in [2.24, 2.45) is 5.92 Å². The van der Waals surface area contributed by atoms with Crippen LogP contribution in [0.3, 0.4) is 0 Å². The van der Waals surface area contributed by atoms with Gasteiger partial charge in [0.15, 0.2) is 11.5 Å². The van der Waals surface area contributed by atoms with E-state index in [4.69, 9.17) is 9.47 Å². The predicted octanol–water partition coefficient (Wildman–Crippen LogP) is 1.63. The third kappa shape index (κ3) is 2.01. The van der Waals surface area contributed by atoms with Gasteiger partial charge in [-0.25, -0.2) is 4.79 Å². The molecular formula is C16H18N2O4. The molecule has 116 valence electrons. The normalized spacial score (nSPS) is 27.0. The maximum Gasteiger partial charge on any atom is 0.325 e. The molecule has 2 fully saturated rings. The summed E-state index contributed by atoms with van der Waals surface area (Å²) in [6.45, 7) is 3.27. The van der Waals surface area contributed by atoms with Gasteiger partial charge in [-0.05, 0) is 43.4 Å². The van der Waals surface area contributed by atoms with E-state index in [1.54, 1.807) is 19.1 Å². The molecule has 1 N–H and O–H groups in total. The van der Waals surface area contributed by atoms with Crippen LogP contribution < -0.4 is 14.8 Å². The second-order valence-corrected chi connectivity index (χ2v) is 6.27. The molecule has 1 unspecified atom stereocenters. The van der Waals surface area contributed by atoms with Crippen LogP contribution in [0.4, 0.5) is 4.79 Å². The van der Waals surface area contributed by atoms with E-state index in [0.717, 1.165) is 12.8 Å². The summed E-state index contributed by atoms with van der Waals surface area (Å²) in [4.78, 5) is 26.2. The number of nitrogens with one attached hydrogen (secondary N) is 1. The lowest BCUT2D eigenvalue weighted by Crippen LogP contribution is -2.41. The zero-order chi connectivity index (χ0) is 15.3. The summed E-state index contributed by atoms with van der Waals surface area (Å²) in [6.07, 6.45) is 2.19. The highest BCUT2D eigenvalue weighted by molar-refractivity contribution is 6.07. The van der Waals surface area contributed by atoms with E-state index >= 15 is 0 Å². The number of carbonyl (C=O) groups is 2. The van der Waals surface area contributed by atoms with Gasteiger partial charge in [-0.15, -0.1) is 0 Å². The molecule has 1 aromatic carbocycles. The van der Waals surface area contributed by atoms with Crippen molar-refractivity contribution in [1.29, 1.82) is 0 Å². The van der Waals surface area contributed by atoms with E-state index in [1.807, 2.05) is 6.07 Å². The fourth-order valence-corrected chi connectivity index (χ4v) is 2.97. The average Bonchev–Trinajstić information content (AvgIpc) is 3.31. The second kappa shape index (κ2) is 4.63. The molecule has 1 saturated heterocycles. The van der Waals surface area contributed by atoms with Crippen LogP contribution in [0.15, 0.2) is 18.2 Å². The topological polar surface area (TPSA) is 67.9 Å². The molecule has 2 heterocycles. The molecule has 0 radical (unpaired) electrons. The molecule has 0 bridgehead atoms. The highest BCUT2D eigenvalue weighted by Gasteiger charge is 2.50. The van der Waals surface area contributed by atoms with Crippen LogP contribution in [0.25, 0.3) is 0 Å². The molecule has 0 aromatic heterocycles. The van der Waals surface area contributed by atoms with Crippen molar-refractivity contribution >= 4 is 11.9 Å². The second-order valence-electron chi connectivity index (χ2n) is 6.27. The molecule has 6 heteroatoms. The van der Waals surface area contributed by atoms with Crippen molar-refractivity contribution in [2.45, 2.75) is 25.3 Å². The third-order valence-electron chi connectivity index (χ3n) is 4.53. The van der Waals surface area contributed by atoms with Crippen molar-refractivity contribution < 1.29 is 19.1 Å². The number of imide groups is 1. The van der Waals surface area contributed by atoms with Gasteiger partial charge in [-0.2, -0.15) is 0 Å². The Morgan fingerprint density at radius 2 is 1.95 bits per heavy atom. The van der Waals surface area contributed by atoms with Gasteiger partial charge in [0.25, 0.3) is 5.91 Å². The van der Waals surface area contributed by atoms with Crippen LogP contribution in [0.2, 0.25) is 0 Å². The van der Waals surface area contributed by atoms with Gasteiger partial charge in [-0.1, -0.05) is 6.07 Å². The van der Waals surface area contributed by atoms with Crippen LogP contribution in [-0.2, 0) is 10.3 Å². The quantitative estimate of drug-likeness (QED) is 0.862. The predicted molar refractivity (Wildman–Crippen MR) is 77.8 cm³/mol. The van der Waals surface area contributed by atoms with Crippen LogP contribution in [-0.4, -0.2) is 36.6 Å². The summed E-state index contributed by atoms with van der Waals surface area (Å²) in [7, 11) is 0. The lowest BCUT2D eigenvalue weighted by Gasteiger charge is -2.25. The fourth-order valence-electron chi connectivity index (χ4n) is 2.97. The lowest BCUT2D eigenvalue weighted by molar-refractivity contribution is -0.131. The summed E-state index contributed by atoms with van der Waals surface area (Å²) in [6, 6.07) is 5.08.